The predicted molar refractivity (Wildman–Crippen MR) is 67.4 cm³/mol. The molecule has 96 valence electrons. The first-order chi connectivity index (χ1) is 8.63. The number of benzene rings is 1. The fourth-order valence-electron chi connectivity index (χ4n) is 1.62. The summed E-state index contributed by atoms with van der Waals surface area (Å²) in [6.45, 7) is 0.942. The minimum absolute atomic E-state index is 0.0407. The lowest BCUT2D eigenvalue weighted by atomic mass is 10.2. The lowest BCUT2D eigenvalue weighted by Crippen LogP contribution is -2.33. The maximum absolute atomic E-state index is 12.0. The van der Waals surface area contributed by atoms with Gasteiger partial charge in [0.05, 0.1) is 10.5 Å². The van der Waals surface area contributed by atoms with Crippen LogP contribution in [0.5, 0.6) is 0 Å². The Hall–Kier alpha value is -1.42. The molecule has 1 aromatic rings. The van der Waals surface area contributed by atoms with E-state index in [1.807, 2.05) is 6.07 Å². The molecule has 0 aromatic heterocycles. The summed E-state index contributed by atoms with van der Waals surface area (Å²) in [6.07, 6.45) is 2.34. The van der Waals surface area contributed by atoms with Crippen LogP contribution in [0, 0.1) is 11.3 Å². The van der Waals surface area contributed by atoms with E-state index in [1.165, 1.54) is 25.0 Å². The summed E-state index contributed by atoms with van der Waals surface area (Å²) in [5.41, 5.74) is 0.167. The Labute approximate surface area is 107 Å². The highest BCUT2D eigenvalue weighted by Crippen LogP contribution is 2.18. The minimum Gasteiger partial charge on any atom is -0.313 e. The van der Waals surface area contributed by atoms with Crippen LogP contribution in [0.15, 0.2) is 29.2 Å². The quantitative estimate of drug-likeness (QED) is 0.737. The van der Waals surface area contributed by atoms with E-state index in [4.69, 9.17) is 5.26 Å². The summed E-state index contributed by atoms with van der Waals surface area (Å²) in [4.78, 5) is 0.0407. The van der Waals surface area contributed by atoms with Gasteiger partial charge in [-0.1, -0.05) is 12.1 Å². The third kappa shape index (κ3) is 3.29. The van der Waals surface area contributed by atoms with Gasteiger partial charge in [0.25, 0.3) is 0 Å². The van der Waals surface area contributed by atoms with Gasteiger partial charge in [-0.05, 0) is 25.0 Å². The molecule has 5 nitrogen and oxygen atoms in total. The van der Waals surface area contributed by atoms with Gasteiger partial charge in [0.15, 0.2) is 0 Å². The zero-order valence-electron chi connectivity index (χ0n) is 9.89. The summed E-state index contributed by atoms with van der Waals surface area (Å²) in [7, 11) is -3.59. The van der Waals surface area contributed by atoms with E-state index < -0.39 is 10.0 Å². The number of nitrogens with zero attached hydrogens (tertiary/aromatic N) is 1. The van der Waals surface area contributed by atoms with Gasteiger partial charge >= 0.3 is 0 Å². The average molecular weight is 265 g/mol. The van der Waals surface area contributed by atoms with Crippen molar-refractivity contribution in [3.05, 3.63) is 29.8 Å². The topological polar surface area (TPSA) is 82.0 Å². The molecule has 0 heterocycles. The molecule has 0 saturated heterocycles. The van der Waals surface area contributed by atoms with Crippen molar-refractivity contribution in [2.75, 3.05) is 13.1 Å². The molecule has 1 fully saturated rings. The van der Waals surface area contributed by atoms with Crippen molar-refractivity contribution in [1.29, 1.82) is 5.26 Å². The standard InChI is InChI=1S/C12H15N3O2S/c13-9-10-3-1-2-4-12(10)18(16,17)15-8-7-14-11-5-6-11/h1-4,11,14-15H,5-8H2. The number of nitrogens with one attached hydrogen (secondary N) is 2. The van der Waals surface area contributed by atoms with E-state index in [1.54, 1.807) is 12.1 Å². The summed E-state index contributed by atoms with van der Waals surface area (Å²) in [5.74, 6) is 0. The van der Waals surface area contributed by atoms with Crippen LogP contribution in [0.2, 0.25) is 0 Å². The molecular formula is C12H15N3O2S. The number of hydrogen-bond acceptors (Lipinski definition) is 4. The highest BCUT2D eigenvalue weighted by Gasteiger charge is 2.21. The first-order valence-electron chi connectivity index (χ1n) is 5.85. The van der Waals surface area contributed by atoms with E-state index >= 15 is 0 Å². The molecule has 0 radical (unpaired) electrons. The van der Waals surface area contributed by atoms with Crippen LogP contribution in [-0.4, -0.2) is 27.5 Å². The van der Waals surface area contributed by atoms with Crippen LogP contribution in [-0.2, 0) is 10.0 Å². The Morgan fingerprint density at radius 3 is 2.67 bits per heavy atom. The highest BCUT2D eigenvalue weighted by molar-refractivity contribution is 7.89. The molecule has 1 saturated carbocycles. The zero-order valence-corrected chi connectivity index (χ0v) is 10.7. The Morgan fingerprint density at radius 1 is 1.28 bits per heavy atom. The molecule has 1 aromatic carbocycles. The van der Waals surface area contributed by atoms with Crippen molar-refractivity contribution < 1.29 is 8.42 Å². The minimum atomic E-state index is -3.59. The van der Waals surface area contributed by atoms with Crippen LogP contribution < -0.4 is 10.0 Å². The second-order valence-corrected chi connectivity index (χ2v) is 5.97. The van der Waals surface area contributed by atoms with E-state index in [9.17, 15) is 8.42 Å². The molecule has 0 atom stereocenters. The normalized spacial score (nSPS) is 15.3. The number of rotatable bonds is 6. The SMILES string of the molecule is N#Cc1ccccc1S(=O)(=O)NCCNC1CC1. The maximum Gasteiger partial charge on any atom is 0.241 e. The molecule has 0 unspecified atom stereocenters. The molecule has 2 N–H and O–H groups in total. The van der Waals surface area contributed by atoms with Crippen molar-refractivity contribution in [3.63, 3.8) is 0 Å². The molecule has 1 aliphatic carbocycles. The van der Waals surface area contributed by atoms with Crippen LogP contribution in [0.3, 0.4) is 0 Å². The molecule has 0 spiro atoms. The van der Waals surface area contributed by atoms with Gasteiger partial charge in [-0.2, -0.15) is 5.26 Å². The molecule has 0 bridgehead atoms. The third-order valence-corrected chi connectivity index (χ3v) is 4.24. The number of hydrogen-bond donors (Lipinski definition) is 2. The lowest BCUT2D eigenvalue weighted by molar-refractivity contribution is 0.575. The fraction of sp³-hybridized carbons (Fsp3) is 0.417. The van der Waals surface area contributed by atoms with Crippen LogP contribution >= 0.6 is 0 Å². The molecule has 18 heavy (non-hydrogen) atoms. The fourth-order valence-corrected chi connectivity index (χ4v) is 2.81. The number of sulfonamides is 1. The largest absolute Gasteiger partial charge is 0.313 e. The van der Waals surface area contributed by atoms with Crippen molar-refractivity contribution in [1.82, 2.24) is 10.0 Å². The van der Waals surface area contributed by atoms with Crippen LogP contribution in [0.4, 0.5) is 0 Å². The Kier molecular flexibility index (Phi) is 3.97. The average Bonchev–Trinajstić information content (AvgIpc) is 3.19. The van der Waals surface area contributed by atoms with Gasteiger partial charge in [0, 0.05) is 19.1 Å². The lowest BCUT2D eigenvalue weighted by Gasteiger charge is -2.08. The van der Waals surface area contributed by atoms with E-state index in [0.29, 0.717) is 19.1 Å². The van der Waals surface area contributed by atoms with Crippen molar-refractivity contribution >= 4 is 10.0 Å². The molecule has 0 aliphatic heterocycles. The zero-order chi connectivity index (χ0) is 13.0. The summed E-state index contributed by atoms with van der Waals surface area (Å²) in [5, 5.41) is 12.1. The van der Waals surface area contributed by atoms with E-state index in [0.717, 1.165) is 0 Å². The summed E-state index contributed by atoms with van der Waals surface area (Å²) >= 11 is 0. The Bertz CT molecular complexity index is 559. The second kappa shape index (κ2) is 5.48. The molecule has 0 amide bonds. The second-order valence-electron chi connectivity index (χ2n) is 4.23. The van der Waals surface area contributed by atoms with Crippen molar-refractivity contribution in [2.24, 2.45) is 0 Å². The van der Waals surface area contributed by atoms with Gasteiger partial charge < -0.3 is 5.32 Å². The molecule has 2 rings (SSSR count). The first kappa shape index (κ1) is 13.0. The highest BCUT2D eigenvalue weighted by atomic mass is 32.2. The third-order valence-electron chi connectivity index (χ3n) is 2.72. The van der Waals surface area contributed by atoms with Gasteiger partial charge in [0.1, 0.15) is 6.07 Å². The monoisotopic (exact) mass is 265 g/mol. The maximum atomic E-state index is 12.0. The Balaban J connectivity index is 1.98. The molecular weight excluding hydrogens is 250 g/mol. The van der Waals surface area contributed by atoms with Gasteiger partial charge in [0.2, 0.25) is 10.0 Å². The summed E-state index contributed by atoms with van der Waals surface area (Å²) < 4.78 is 26.5. The predicted octanol–water partition coefficient (Wildman–Crippen LogP) is 0.589. The van der Waals surface area contributed by atoms with Crippen molar-refractivity contribution in [3.8, 4) is 6.07 Å². The molecule has 6 heteroatoms. The van der Waals surface area contributed by atoms with Crippen LogP contribution in [0.25, 0.3) is 0 Å². The van der Waals surface area contributed by atoms with Crippen LogP contribution in [0.1, 0.15) is 18.4 Å². The van der Waals surface area contributed by atoms with E-state index in [2.05, 4.69) is 10.0 Å². The molecule has 1 aliphatic rings. The summed E-state index contributed by atoms with van der Waals surface area (Å²) in [6, 6.07) is 8.63. The smallest absolute Gasteiger partial charge is 0.241 e. The Morgan fingerprint density at radius 2 is 2.00 bits per heavy atom. The van der Waals surface area contributed by atoms with Crippen molar-refractivity contribution in [2.45, 2.75) is 23.8 Å². The first-order valence-corrected chi connectivity index (χ1v) is 7.34. The van der Waals surface area contributed by atoms with E-state index in [-0.39, 0.29) is 10.5 Å². The number of nitriles is 1. The van der Waals surface area contributed by atoms with Gasteiger partial charge in [-0.15, -0.1) is 0 Å². The van der Waals surface area contributed by atoms with Gasteiger partial charge in [-0.25, -0.2) is 13.1 Å². The van der Waals surface area contributed by atoms with Gasteiger partial charge in [-0.3, -0.25) is 0 Å².